The molecule has 0 aliphatic heterocycles. The maximum atomic E-state index is 12.1. The molecule has 1 heterocycles. The van der Waals surface area contributed by atoms with Gasteiger partial charge in [0.05, 0.1) is 24.6 Å². The molecule has 5 heteroatoms. The standard InChI is InChI=1S/C17H15N3O2/c1-22-17(21)15-9-12(13-10-18-19-11-13)7-8-16(15)20-14-5-3-2-4-6-14/h2-11,20H,1H3,(H,18,19). The second-order valence-corrected chi connectivity index (χ2v) is 4.73. The normalized spacial score (nSPS) is 10.2. The van der Waals surface area contributed by atoms with Gasteiger partial charge in [0.2, 0.25) is 0 Å². The number of carbonyl (C=O) groups is 1. The Hall–Kier alpha value is -3.08. The van der Waals surface area contributed by atoms with E-state index < -0.39 is 0 Å². The van der Waals surface area contributed by atoms with Gasteiger partial charge >= 0.3 is 5.97 Å². The van der Waals surface area contributed by atoms with Crippen LogP contribution < -0.4 is 5.32 Å². The summed E-state index contributed by atoms with van der Waals surface area (Å²) in [7, 11) is 1.37. The van der Waals surface area contributed by atoms with Crippen molar-refractivity contribution < 1.29 is 9.53 Å². The number of nitrogens with zero attached hydrogens (tertiary/aromatic N) is 1. The Morgan fingerprint density at radius 3 is 2.64 bits per heavy atom. The summed E-state index contributed by atoms with van der Waals surface area (Å²) in [5.74, 6) is -0.385. The minimum atomic E-state index is -0.385. The minimum Gasteiger partial charge on any atom is -0.465 e. The van der Waals surface area contributed by atoms with E-state index in [0.29, 0.717) is 11.3 Å². The summed E-state index contributed by atoms with van der Waals surface area (Å²) in [6.45, 7) is 0. The lowest BCUT2D eigenvalue weighted by atomic mass is 10.0. The van der Waals surface area contributed by atoms with Gasteiger partial charge in [0.25, 0.3) is 0 Å². The molecule has 0 atom stereocenters. The van der Waals surface area contributed by atoms with Crippen LogP contribution in [0.2, 0.25) is 0 Å². The summed E-state index contributed by atoms with van der Waals surface area (Å²) in [4.78, 5) is 12.1. The number of hydrogen-bond donors (Lipinski definition) is 2. The van der Waals surface area contributed by atoms with Crippen LogP contribution in [0.1, 0.15) is 10.4 Å². The summed E-state index contributed by atoms with van der Waals surface area (Å²) in [5, 5.41) is 9.93. The maximum Gasteiger partial charge on any atom is 0.339 e. The molecule has 110 valence electrons. The number of para-hydroxylation sites is 1. The van der Waals surface area contributed by atoms with Crippen LogP contribution in [0.15, 0.2) is 60.9 Å². The van der Waals surface area contributed by atoms with Gasteiger partial charge in [0.15, 0.2) is 0 Å². The number of aromatic amines is 1. The van der Waals surface area contributed by atoms with Crippen LogP contribution in [0.4, 0.5) is 11.4 Å². The monoisotopic (exact) mass is 293 g/mol. The number of aromatic nitrogens is 2. The van der Waals surface area contributed by atoms with Crippen LogP contribution in [0.5, 0.6) is 0 Å². The SMILES string of the molecule is COC(=O)c1cc(-c2cn[nH]c2)ccc1Nc1ccccc1. The van der Waals surface area contributed by atoms with Gasteiger partial charge in [-0.15, -0.1) is 0 Å². The average Bonchev–Trinajstić information content (AvgIpc) is 3.10. The third kappa shape index (κ3) is 2.83. The van der Waals surface area contributed by atoms with E-state index in [9.17, 15) is 4.79 Å². The molecule has 3 aromatic rings. The van der Waals surface area contributed by atoms with Gasteiger partial charge in [-0.25, -0.2) is 4.79 Å². The molecule has 0 spiro atoms. The van der Waals surface area contributed by atoms with Gasteiger partial charge in [-0.05, 0) is 29.8 Å². The number of benzene rings is 2. The van der Waals surface area contributed by atoms with E-state index in [4.69, 9.17) is 4.74 Å². The first-order valence-electron chi connectivity index (χ1n) is 6.81. The molecule has 5 nitrogen and oxygen atoms in total. The van der Waals surface area contributed by atoms with Gasteiger partial charge in [-0.2, -0.15) is 5.10 Å². The summed E-state index contributed by atoms with van der Waals surface area (Å²) >= 11 is 0. The van der Waals surface area contributed by atoms with Crippen LogP contribution in [-0.4, -0.2) is 23.3 Å². The molecular formula is C17H15N3O2. The van der Waals surface area contributed by atoms with Crippen molar-refractivity contribution in [2.45, 2.75) is 0 Å². The molecule has 0 unspecified atom stereocenters. The molecule has 0 fully saturated rings. The number of ether oxygens (including phenoxy) is 1. The molecule has 2 aromatic carbocycles. The Morgan fingerprint density at radius 2 is 1.95 bits per heavy atom. The summed E-state index contributed by atoms with van der Waals surface area (Å²) < 4.78 is 4.88. The quantitative estimate of drug-likeness (QED) is 0.721. The summed E-state index contributed by atoms with van der Waals surface area (Å²) in [6, 6.07) is 15.3. The number of carbonyl (C=O) groups excluding carboxylic acids is 1. The number of nitrogens with one attached hydrogen (secondary N) is 2. The molecule has 0 amide bonds. The van der Waals surface area contributed by atoms with E-state index in [2.05, 4.69) is 15.5 Å². The lowest BCUT2D eigenvalue weighted by Crippen LogP contribution is -2.06. The Kier molecular flexibility index (Phi) is 3.87. The molecule has 0 radical (unpaired) electrons. The number of esters is 1. The fourth-order valence-corrected chi connectivity index (χ4v) is 2.20. The molecule has 0 aliphatic rings. The summed E-state index contributed by atoms with van der Waals surface area (Å²) in [6.07, 6.45) is 3.49. The van der Waals surface area contributed by atoms with Crippen molar-refractivity contribution in [1.82, 2.24) is 10.2 Å². The van der Waals surface area contributed by atoms with Crippen LogP contribution in [0.3, 0.4) is 0 Å². The van der Waals surface area contributed by atoms with E-state index in [-0.39, 0.29) is 5.97 Å². The molecule has 2 N–H and O–H groups in total. The Bertz CT molecular complexity index is 768. The number of hydrogen-bond acceptors (Lipinski definition) is 4. The average molecular weight is 293 g/mol. The van der Waals surface area contributed by atoms with E-state index in [1.54, 1.807) is 18.5 Å². The van der Waals surface area contributed by atoms with E-state index >= 15 is 0 Å². The lowest BCUT2D eigenvalue weighted by Gasteiger charge is -2.12. The molecule has 0 saturated heterocycles. The Balaban J connectivity index is 2.00. The molecule has 3 rings (SSSR count). The second-order valence-electron chi connectivity index (χ2n) is 4.73. The van der Waals surface area contributed by atoms with Gasteiger partial charge in [-0.1, -0.05) is 24.3 Å². The van der Waals surface area contributed by atoms with Crippen molar-refractivity contribution in [3.8, 4) is 11.1 Å². The predicted molar refractivity (Wildman–Crippen MR) is 85.1 cm³/mol. The van der Waals surface area contributed by atoms with Gasteiger partial charge in [-0.3, -0.25) is 5.10 Å². The minimum absolute atomic E-state index is 0.385. The lowest BCUT2D eigenvalue weighted by molar-refractivity contribution is 0.0602. The first-order valence-corrected chi connectivity index (χ1v) is 6.81. The molecule has 1 aromatic heterocycles. The van der Waals surface area contributed by atoms with E-state index in [1.807, 2.05) is 42.5 Å². The van der Waals surface area contributed by atoms with Crippen molar-refractivity contribution in [3.63, 3.8) is 0 Å². The topological polar surface area (TPSA) is 67.0 Å². The highest BCUT2D eigenvalue weighted by molar-refractivity contribution is 5.98. The smallest absolute Gasteiger partial charge is 0.339 e. The highest BCUT2D eigenvalue weighted by Gasteiger charge is 2.14. The largest absolute Gasteiger partial charge is 0.465 e. The molecule has 0 saturated carbocycles. The predicted octanol–water partition coefficient (Wildman–Crippen LogP) is 3.61. The van der Waals surface area contributed by atoms with Crippen molar-refractivity contribution in [2.75, 3.05) is 12.4 Å². The van der Waals surface area contributed by atoms with Crippen LogP contribution in [0, 0.1) is 0 Å². The maximum absolute atomic E-state index is 12.1. The van der Waals surface area contributed by atoms with Crippen molar-refractivity contribution >= 4 is 17.3 Å². The Labute approximate surface area is 127 Å². The zero-order chi connectivity index (χ0) is 15.4. The zero-order valence-corrected chi connectivity index (χ0v) is 12.0. The molecule has 0 bridgehead atoms. The van der Waals surface area contributed by atoms with Crippen LogP contribution >= 0.6 is 0 Å². The molecular weight excluding hydrogens is 278 g/mol. The third-order valence-corrected chi connectivity index (χ3v) is 3.31. The number of methoxy groups -OCH3 is 1. The van der Waals surface area contributed by atoms with Crippen LogP contribution in [-0.2, 0) is 4.74 Å². The highest BCUT2D eigenvalue weighted by atomic mass is 16.5. The van der Waals surface area contributed by atoms with E-state index in [0.717, 1.165) is 16.8 Å². The number of rotatable bonds is 4. The zero-order valence-electron chi connectivity index (χ0n) is 12.0. The van der Waals surface area contributed by atoms with Crippen molar-refractivity contribution in [1.29, 1.82) is 0 Å². The van der Waals surface area contributed by atoms with Crippen LogP contribution in [0.25, 0.3) is 11.1 Å². The summed E-state index contributed by atoms with van der Waals surface area (Å²) in [5.41, 5.74) is 3.89. The van der Waals surface area contributed by atoms with Gasteiger partial charge in [0, 0.05) is 17.4 Å². The second kappa shape index (κ2) is 6.13. The molecule has 22 heavy (non-hydrogen) atoms. The molecule has 0 aliphatic carbocycles. The first kappa shape index (κ1) is 13.9. The van der Waals surface area contributed by atoms with E-state index in [1.165, 1.54) is 7.11 Å². The van der Waals surface area contributed by atoms with Crippen molar-refractivity contribution in [3.05, 3.63) is 66.5 Å². The van der Waals surface area contributed by atoms with Gasteiger partial charge < -0.3 is 10.1 Å². The fourth-order valence-electron chi connectivity index (χ4n) is 2.20. The first-order chi connectivity index (χ1) is 10.8. The number of H-pyrrole nitrogens is 1. The third-order valence-electron chi connectivity index (χ3n) is 3.31. The van der Waals surface area contributed by atoms with Gasteiger partial charge in [0.1, 0.15) is 0 Å². The van der Waals surface area contributed by atoms with Crippen molar-refractivity contribution in [2.24, 2.45) is 0 Å². The number of anilines is 2. The highest BCUT2D eigenvalue weighted by Crippen LogP contribution is 2.27. The fraction of sp³-hybridized carbons (Fsp3) is 0.0588. The Morgan fingerprint density at radius 1 is 1.14 bits per heavy atom.